The highest BCUT2D eigenvalue weighted by atomic mass is 16.1. The van der Waals surface area contributed by atoms with Crippen molar-refractivity contribution in [1.29, 1.82) is 0 Å². The second kappa shape index (κ2) is 7.77. The van der Waals surface area contributed by atoms with Crippen LogP contribution in [-0.4, -0.2) is 24.0 Å². The Balaban J connectivity index is 2.07. The third-order valence-electron chi connectivity index (χ3n) is 4.10. The van der Waals surface area contributed by atoms with E-state index in [1.807, 2.05) is 37.3 Å². The van der Waals surface area contributed by atoms with Crippen molar-refractivity contribution in [2.24, 2.45) is 0 Å². The molecule has 1 N–H and O–H groups in total. The minimum atomic E-state index is -0.0978. The summed E-state index contributed by atoms with van der Waals surface area (Å²) in [4.78, 5) is 19.0. The molecule has 0 aliphatic rings. The van der Waals surface area contributed by atoms with Crippen LogP contribution in [0.4, 0.5) is 5.82 Å². The number of carbonyl (C=O) groups excluding carboxylic acids is 1. The van der Waals surface area contributed by atoms with Crippen molar-refractivity contribution in [1.82, 2.24) is 10.3 Å². The zero-order valence-electron chi connectivity index (χ0n) is 14.3. The number of pyridine rings is 1. The van der Waals surface area contributed by atoms with Gasteiger partial charge in [-0.2, -0.15) is 0 Å². The summed E-state index contributed by atoms with van der Waals surface area (Å²) in [6.45, 7) is 10.0. The van der Waals surface area contributed by atoms with Crippen molar-refractivity contribution < 1.29 is 4.79 Å². The summed E-state index contributed by atoms with van der Waals surface area (Å²) in [5, 5.41) is 3.04. The summed E-state index contributed by atoms with van der Waals surface area (Å²) in [6, 6.07) is 11.8. The van der Waals surface area contributed by atoms with Crippen LogP contribution < -0.4 is 10.2 Å². The SMILES string of the molecule is CCN(CC)c1ccc(C(=O)N[C@H](C)c2ccccc2C)cn1. The number of anilines is 1. The Morgan fingerprint density at radius 1 is 1.17 bits per heavy atom. The Kier molecular flexibility index (Phi) is 5.74. The van der Waals surface area contributed by atoms with E-state index in [1.165, 1.54) is 5.56 Å². The van der Waals surface area contributed by atoms with Crippen LogP contribution in [0.5, 0.6) is 0 Å². The van der Waals surface area contributed by atoms with Gasteiger partial charge in [0.05, 0.1) is 11.6 Å². The molecule has 0 radical (unpaired) electrons. The molecule has 1 aromatic carbocycles. The zero-order valence-corrected chi connectivity index (χ0v) is 14.3. The van der Waals surface area contributed by atoms with Crippen molar-refractivity contribution >= 4 is 11.7 Å². The smallest absolute Gasteiger partial charge is 0.253 e. The summed E-state index contributed by atoms with van der Waals surface area (Å²) in [5.41, 5.74) is 2.89. The van der Waals surface area contributed by atoms with E-state index in [2.05, 4.69) is 42.0 Å². The van der Waals surface area contributed by atoms with Crippen LogP contribution in [0.2, 0.25) is 0 Å². The van der Waals surface area contributed by atoms with Crippen LogP contribution in [0.1, 0.15) is 48.3 Å². The number of nitrogens with zero attached hydrogens (tertiary/aromatic N) is 2. The van der Waals surface area contributed by atoms with Crippen LogP contribution in [-0.2, 0) is 0 Å². The summed E-state index contributed by atoms with van der Waals surface area (Å²) in [5.74, 6) is 0.804. The van der Waals surface area contributed by atoms with Crippen LogP contribution in [0, 0.1) is 6.92 Å². The van der Waals surface area contributed by atoms with E-state index in [0.717, 1.165) is 24.5 Å². The molecule has 0 saturated heterocycles. The summed E-state index contributed by atoms with van der Waals surface area (Å²) >= 11 is 0. The number of aryl methyl sites for hydroxylation is 1. The molecule has 122 valence electrons. The summed E-state index contributed by atoms with van der Waals surface area (Å²) < 4.78 is 0. The van der Waals surface area contributed by atoms with E-state index < -0.39 is 0 Å². The number of carbonyl (C=O) groups is 1. The summed E-state index contributed by atoms with van der Waals surface area (Å²) in [6.07, 6.45) is 1.65. The highest BCUT2D eigenvalue weighted by molar-refractivity contribution is 5.94. The molecular weight excluding hydrogens is 286 g/mol. The van der Waals surface area contributed by atoms with Crippen LogP contribution in [0.3, 0.4) is 0 Å². The molecule has 1 aromatic heterocycles. The molecule has 0 unspecified atom stereocenters. The Morgan fingerprint density at radius 2 is 1.87 bits per heavy atom. The van der Waals surface area contributed by atoms with E-state index in [0.29, 0.717) is 5.56 Å². The minimum Gasteiger partial charge on any atom is -0.357 e. The van der Waals surface area contributed by atoms with Crippen molar-refractivity contribution in [3.8, 4) is 0 Å². The number of nitrogens with one attached hydrogen (secondary N) is 1. The van der Waals surface area contributed by atoms with Gasteiger partial charge in [0, 0.05) is 19.3 Å². The van der Waals surface area contributed by atoms with Gasteiger partial charge in [0.2, 0.25) is 0 Å². The van der Waals surface area contributed by atoms with Gasteiger partial charge in [-0.05, 0) is 51.0 Å². The van der Waals surface area contributed by atoms with Gasteiger partial charge >= 0.3 is 0 Å². The lowest BCUT2D eigenvalue weighted by Gasteiger charge is -2.20. The predicted octanol–water partition coefficient (Wildman–Crippen LogP) is 3.73. The van der Waals surface area contributed by atoms with Crippen LogP contribution >= 0.6 is 0 Å². The fourth-order valence-electron chi connectivity index (χ4n) is 2.69. The van der Waals surface area contributed by atoms with Gasteiger partial charge in [-0.25, -0.2) is 4.98 Å². The Morgan fingerprint density at radius 3 is 2.43 bits per heavy atom. The van der Waals surface area contributed by atoms with E-state index in [1.54, 1.807) is 6.20 Å². The van der Waals surface area contributed by atoms with Crippen molar-refractivity contribution in [2.45, 2.75) is 33.7 Å². The minimum absolute atomic E-state index is 0.0360. The standard InChI is InChI=1S/C19H25N3O/c1-5-22(6-2)18-12-11-16(13-20-18)19(23)21-15(4)17-10-8-7-9-14(17)3/h7-13,15H,5-6H2,1-4H3,(H,21,23)/t15-/m1/s1. The maximum Gasteiger partial charge on any atom is 0.253 e. The first-order valence-electron chi connectivity index (χ1n) is 8.14. The first kappa shape index (κ1) is 17.0. The molecule has 0 aliphatic heterocycles. The molecule has 2 rings (SSSR count). The maximum absolute atomic E-state index is 12.4. The number of amides is 1. The van der Waals surface area contributed by atoms with Crippen LogP contribution in [0.25, 0.3) is 0 Å². The zero-order chi connectivity index (χ0) is 16.8. The molecule has 4 heteroatoms. The molecule has 23 heavy (non-hydrogen) atoms. The molecular formula is C19H25N3O. The number of aromatic nitrogens is 1. The number of hydrogen-bond donors (Lipinski definition) is 1. The van der Waals surface area contributed by atoms with E-state index >= 15 is 0 Å². The van der Waals surface area contributed by atoms with Crippen molar-refractivity contribution in [3.63, 3.8) is 0 Å². The summed E-state index contributed by atoms with van der Waals surface area (Å²) in [7, 11) is 0. The topological polar surface area (TPSA) is 45.2 Å². The predicted molar refractivity (Wildman–Crippen MR) is 94.9 cm³/mol. The lowest BCUT2D eigenvalue weighted by atomic mass is 10.0. The third-order valence-corrected chi connectivity index (χ3v) is 4.10. The quantitative estimate of drug-likeness (QED) is 0.884. The normalized spacial score (nSPS) is 11.8. The average Bonchev–Trinajstić information content (AvgIpc) is 2.57. The van der Waals surface area contributed by atoms with Crippen molar-refractivity contribution in [3.05, 3.63) is 59.3 Å². The average molecular weight is 311 g/mol. The molecule has 4 nitrogen and oxygen atoms in total. The number of benzene rings is 1. The monoisotopic (exact) mass is 311 g/mol. The van der Waals surface area contributed by atoms with Gasteiger partial charge in [0.25, 0.3) is 5.91 Å². The molecule has 1 amide bonds. The third kappa shape index (κ3) is 4.09. The van der Waals surface area contributed by atoms with Gasteiger partial charge in [-0.15, -0.1) is 0 Å². The highest BCUT2D eigenvalue weighted by Gasteiger charge is 2.13. The fourth-order valence-corrected chi connectivity index (χ4v) is 2.69. The molecule has 0 aliphatic carbocycles. The van der Waals surface area contributed by atoms with Gasteiger partial charge in [-0.1, -0.05) is 24.3 Å². The number of rotatable bonds is 6. The van der Waals surface area contributed by atoms with E-state index in [4.69, 9.17) is 0 Å². The molecule has 1 heterocycles. The second-order valence-corrected chi connectivity index (χ2v) is 5.63. The van der Waals surface area contributed by atoms with Gasteiger partial charge in [0.1, 0.15) is 5.82 Å². The van der Waals surface area contributed by atoms with Gasteiger partial charge in [0.15, 0.2) is 0 Å². The Labute approximate surface area is 138 Å². The van der Waals surface area contributed by atoms with Crippen molar-refractivity contribution in [2.75, 3.05) is 18.0 Å². The van der Waals surface area contributed by atoms with Gasteiger partial charge in [-0.3, -0.25) is 4.79 Å². The van der Waals surface area contributed by atoms with E-state index in [9.17, 15) is 4.79 Å². The lowest BCUT2D eigenvalue weighted by molar-refractivity contribution is 0.0939. The van der Waals surface area contributed by atoms with Crippen LogP contribution in [0.15, 0.2) is 42.6 Å². The molecule has 1 atom stereocenters. The Bertz CT molecular complexity index is 648. The molecule has 0 saturated carbocycles. The fraction of sp³-hybridized carbons (Fsp3) is 0.368. The number of hydrogen-bond acceptors (Lipinski definition) is 3. The first-order chi connectivity index (χ1) is 11.1. The molecule has 2 aromatic rings. The first-order valence-corrected chi connectivity index (χ1v) is 8.14. The highest BCUT2D eigenvalue weighted by Crippen LogP contribution is 2.17. The second-order valence-electron chi connectivity index (χ2n) is 5.63. The largest absolute Gasteiger partial charge is 0.357 e. The Hall–Kier alpha value is -2.36. The van der Waals surface area contributed by atoms with E-state index in [-0.39, 0.29) is 11.9 Å². The molecule has 0 bridgehead atoms. The maximum atomic E-state index is 12.4. The molecule has 0 spiro atoms. The lowest BCUT2D eigenvalue weighted by Crippen LogP contribution is -2.27. The van der Waals surface area contributed by atoms with Gasteiger partial charge < -0.3 is 10.2 Å². The molecule has 0 fully saturated rings.